The molecule has 18 heavy (non-hydrogen) atoms. The van der Waals surface area contributed by atoms with Crippen LogP contribution in [0.15, 0.2) is 41.6 Å². The molecule has 0 saturated carbocycles. The van der Waals surface area contributed by atoms with Gasteiger partial charge in [0.05, 0.1) is 11.9 Å². The quantitative estimate of drug-likeness (QED) is 0.919. The molecule has 5 nitrogen and oxygen atoms in total. The Morgan fingerprint density at radius 1 is 1.44 bits per heavy atom. The Morgan fingerprint density at radius 3 is 2.78 bits per heavy atom. The van der Waals surface area contributed by atoms with E-state index in [0.717, 1.165) is 4.31 Å². The number of H-pyrrole nitrogens is 1. The lowest BCUT2D eigenvalue weighted by molar-refractivity contribution is 0.591. The maximum atomic E-state index is 13.2. The van der Waals surface area contributed by atoms with Crippen molar-refractivity contribution in [1.82, 2.24) is 10.2 Å². The zero-order valence-corrected chi connectivity index (χ0v) is 10.5. The van der Waals surface area contributed by atoms with Crippen LogP contribution in [0.3, 0.4) is 0 Å². The Morgan fingerprint density at radius 2 is 2.22 bits per heavy atom. The van der Waals surface area contributed by atoms with E-state index in [1.165, 1.54) is 30.6 Å². The van der Waals surface area contributed by atoms with Gasteiger partial charge in [-0.15, -0.1) is 0 Å². The number of hydrogen-bond donors (Lipinski definition) is 1. The molecule has 2 aromatic rings. The number of halogens is 1. The molecule has 96 valence electrons. The molecule has 0 aliphatic heterocycles. The highest BCUT2D eigenvalue weighted by Gasteiger charge is 2.24. The van der Waals surface area contributed by atoms with Crippen LogP contribution in [0.2, 0.25) is 0 Å². The van der Waals surface area contributed by atoms with Crippen LogP contribution >= 0.6 is 0 Å². The second kappa shape index (κ2) is 4.77. The fourth-order valence-corrected chi connectivity index (χ4v) is 3.00. The molecular weight excluding hydrogens is 257 g/mol. The summed E-state index contributed by atoms with van der Waals surface area (Å²) in [5, 5.41) is 6.06. The minimum atomic E-state index is -3.70. The third kappa shape index (κ3) is 2.21. The van der Waals surface area contributed by atoms with Gasteiger partial charge in [-0.05, 0) is 25.1 Å². The molecule has 0 aliphatic carbocycles. The standard InChI is InChI=1S/C11H12FN3O2S/c1-2-15(10-5-3-4-9(12)6-10)18(16,17)11-7-13-14-8-11/h3-8H,2H2,1H3,(H,13,14). The fourth-order valence-electron chi connectivity index (χ4n) is 1.63. The number of aromatic amines is 1. The predicted molar refractivity (Wildman–Crippen MR) is 65.2 cm³/mol. The Hall–Kier alpha value is -1.89. The van der Waals surface area contributed by atoms with Crippen LogP contribution in [-0.2, 0) is 10.0 Å². The van der Waals surface area contributed by atoms with E-state index >= 15 is 0 Å². The van der Waals surface area contributed by atoms with Crippen LogP contribution < -0.4 is 4.31 Å². The van der Waals surface area contributed by atoms with E-state index < -0.39 is 15.8 Å². The molecule has 0 unspecified atom stereocenters. The van der Waals surface area contributed by atoms with Crippen molar-refractivity contribution in [3.63, 3.8) is 0 Å². The first kappa shape index (κ1) is 12.6. The second-order valence-corrected chi connectivity index (χ2v) is 5.45. The molecule has 0 atom stereocenters. The fraction of sp³-hybridized carbons (Fsp3) is 0.182. The number of aromatic nitrogens is 2. The highest BCUT2D eigenvalue weighted by atomic mass is 32.2. The minimum absolute atomic E-state index is 0.0496. The number of benzene rings is 1. The van der Waals surface area contributed by atoms with E-state index in [-0.39, 0.29) is 11.4 Å². The van der Waals surface area contributed by atoms with Crippen LogP contribution in [0.4, 0.5) is 10.1 Å². The molecule has 0 radical (unpaired) electrons. The molecular formula is C11H12FN3O2S. The van der Waals surface area contributed by atoms with Crippen molar-refractivity contribution >= 4 is 15.7 Å². The number of rotatable bonds is 4. The van der Waals surface area contributed by atoms with Crippen molar-refractivity contribution in [3.05, 3.63) is 42.5 Å². The molecule has 0 aliphatic rings. The SMILES string of the molecule is CCN(c1cccc(F)c1)S(=O)(=O)c1cn[nH]c1. The predicted octanol–water partition coefficient (Wildman–Crippen LogP) is 1.76. The lowest BCUT2D eigenvalue weighted by atomic mass is 10.3. The van der Waals surface area contributed by atoms with E-state index in [0.29, 0.717) is 5.69 Å². The first-order valence-corrected chi connectivity index (χ1v) is 6.77. The molecule has 2 rings (SSSR count). The molecule has 0 fully saturated rings. The van der Waals surface area contributed by atoms with Gasteiger partial charge >= 0.3 is 0 Å². The summed E-state index contributed by atoms with van der Waals surface area (Å²) in [6.07, 6.45) is 2.51. The van der Waals surface area contributed by atoms with Crippen molar-refractivity contribution in [2.75, 3.05) is 10.8 Å². The Kier molecular flexibility index (Phi) is 3.33. The number of anilines is 1. The first-order valence-electron chi connectivity index (χ1n) is 5.33. The van der Waals surface area contributed by atoms with Crippen LogP contribution in [0.1, 0.15) is 6.92 Å². The summed E-state index contributed by atoms with van der Waals surface area (Å²) in [6, 6.07) is 5.46. The minimum Gasteiger partial charge on any atom is -0.284 e. The first-order chi connectivity index (χ1) is 8.55. The lowest BCUT2D eigenvalue weighted by Crippen LogP contribution is -2.30. The van der Waals surface area contributed by atoms with E-state index in [2.05, 4.69) is 10.2 Å². The summed E-state index contributed by atoms with van der Waals surface area (Å²) >= 11 is 0. The van der Waals surface area contributed by atoms with E-state index in [4.69, 9.17) is 0 Å². The van der Waals surface area contributed by atoms with Gasteiger partial charge < -0.3 is 0 Å². The van der Waals surface area contributed by atoms with Gasteiger partial charge in [-0.2, -0.15) is 5.10 Å². The molecule has 0 amide bonds. The lowest BCUT2D eigenvalue weighted by Gasteiger charge is -2.21. The van der Waals surface area contributed by atoms with Crippen LogP contribution in [0.25, 0.3) is 0 Å². The number of hydrogen-bond acceptors (Lipinski definition) is 3. The Balaban J connectivity index is 2.47. The third-order valence-corrected chi connectivity index (χ3v) is 4.31. The Labute approximate surface area is 104 Å². The number of nitrogens with one attached hydrogen (secondary N) is 1. The monoisotopic (exact) mass is 269 g/mol. The van der Waals surface area contributed by atoms with Crippen LogP contribution in [-0.4, -0.2) is 25.2 Å². The number of nitrogens with zero attached hydrogens (tertiary/aromatic N) is 2. The molecule has 1 aromatic carbocycles. The van der Waals surface area contributed by atoms with Crippen LogP contribution in [0.5, 0.6) is 0 Å². The average Bonchev–Trinajstić information content (AvgIpc) is 2.83. The van der Waals surface area contributed by atoms with Gasteiger partial charge in [0.1, 0.15) is 10.7 Å². The van der Waals surface area contributed by atoms with Crippen molar-refractivity contribution in [3.8, 4) is 0 Å². The zero-order valence-electron chi connectivity index (χ0n) is 9.67. The average molecular weight is 269 g/mol. The van der Waals surface area contributed by atoms with Crippen molar-refractivity contribution < 1.29 is 12.8 Å². The zero-order chi connectivity index (χ0) is 13.2. The molecule has 1 aromatic heterocycles. The maximum absolute atomic E-state index is 13.2. The van der Waals surface area contributed by atoms with Crippen molar-refractivity contribution in [1.29, 1.82) is 0 Å². The Bertz CT molecular complexity index is 625. The summed E-state index contributed by atoms with van der Waals surface area (Å²) in [7, 11) is -3.70. The molecule has 7 heteroatoms. The molecule has 1 N–H and O–H groups in total. The second-order valence-electron chi connectivity index (χ2n) is 3.58. The van der Waals surface area contributed by atoms with E-state index in [1.54, 1.807) is 13.0 Å². The van der Waals surface area contributed by atoms with Crippen molar-refractivity contribution in [2.24, 2.45) is 0 Å². The van der Waals surface area contributed by atoms with Gasteiger partial charge in [-0.1, -0.05) is 6.07 Å². The highest BCUT2D eigenvalue weighted by Crippen LogP contribution is 2.23. The van der Waals surface area contributed by atoms with Gasteiger partial charge in [0, 0.05) is 12.7 Å². The van der Waals surface area contributed by atoms with Gasteiger partial charge in [0.15, 0.2) is 0 Å². The summed E-state index contributed by atoms with van der Waals surface area (Å²) < 4.78 is 38.8. The van der Waals surface area contributed by atoms with Crippen molar-refractivity contribution in [2.45, 2.75) is 11.8 Å². The smallest absolute Gasteiger partial charge is 0.267 e. The normalized spacial score (nSPS) is 11.4. The molecule has 0 saturated heterocycles. The summed E-state index contributed by atoms with van der Waals surface area (Å²) in [5.41, 5.74) is 0.290. The topological polar surface area (TPSA) is 66.1 Å². The largest absolute Gasteiger partial charge is 0.284 e. The van der Waals surface area contributed by atoms with E-state index in [1.807, 2.05) is 0 Å². The van der Waals surface area contributed by atoms with Gasteiger partial charge in [0.25, 0.3) is 10.0 Å². The van der Waals surface area contributed by atoms with Gasteiger partial charge in [0.2, 0.25) is 0 Å². The molecule has 0 spiro atoms. The van der Waals surface area contributed by atoms with Gasteiger partial charge in [-0.25, -0.2) is 12.8 Å². The molecule has 0 bridgehead atoms. The van der Waals surface area contributed by atoms with Gasteiger partial charge in [-0.3, -0.25) is 9.40 Å². The summed E-state index contributed by atoms with van der Waals surface area (Å²) in [6.45, 7) is 1.89. The molecule has 1 heterocycles. The summed E-state index contributed by atoms with van der Waals surface area (Å²) in [4.78, 5) is 0.0496. The third-order valence-electron chi connectivity index (χ3n) is 2.44. The summed E-state index contributed by atoms with van der Waals surface area (Å²) in [5.74, 6) is -0.478. The number of sulfonamides is 1. The van der Waals surface area contributed by atoms with E-state index in [9.17, 15) is 12.8 Å². The maximum Gasteiger partial charge on any atom is 0.267 e. The van der Waals surface area contributed by atoms with Crippen LogP contribution in [0, 0.1) is 5.82 Å². The highest BCUT2D eigenvalue weighted by molar-refractivity contribution is 7.92.